The normalized spacial score (nSPS) is 25.7. The van der Waals surface area contributed by atoms with Crippen LogP contribution < -0.4 is 10.5 Å². The molecule has 3 aromatic rings. The van der Waals surface area contributed by atoms with Crippen molar-refractivity contribution >= 4 is 16.9 Å². The molecule has 1 unspecified atom stereocenters. The Hall–Kier alpha value is -2.71. The molecular formula is C26H32FN5O2. The Morgan fingerprint density at radius 3 is 2.85 bits per heavy atom. The first-order chi connectivity index (χ1) is 16.6. The van der Waals surface area contributed by atoms with Crippen LogP contribution in [0.4, 0.5) is 10.2 Å². The quantitative estimate of drug-likeness (QED) is 0.563. The zero-order valence-electron chi connectivity index (χ0n) is 19.4. The number of nitrogens with zero attached hydrogens (tertiary/aromatic N) is 4. The first kappa shape index (κ1) is 21.8. The molecule has 1 atom stereocenters. The van der Waals surface area contributed by atoms with Crippen LogP contribution in [0.25, 0.3) is 22.2 Å². The van der Waals surface area contributed by atoms with E-state index >= 15 is 0 Å². The van der Waals surface area contributed by atoms with Crippen LogP contribution in [-0.2, 0) is 4.74 Å². The summed E-state index contributed by atoms with van der Waals surface area (Å²) in [6.45, 7) is 3.56. The predicted octanol–water partition coefficient (Wildman–Crippen LogP) is 4.23. The van der Waals surface area contributed by atoms with Gasteiger partial charge in [0.2, 0.25) is 0 Å². The molecule has 8 heteroatoms. The van der Waals surface area contributed by atoms with E-state index < -0.39 is 6.17 Å². The lowest BCUT2D eigenvalue weighted by atomic mass is 9.79. The maximum Gasteiger partial charge on any atom is 0.146 e. The number of ether oxygens (including phenoxy) is 2. The molecule has 1 aliphatic carbocycles. The lowest BCUT2D eigenvalue weighted by molar-refractivity contribution is -0.0110. The molecule has 1 saturated carbocycles. The van der Waals surface area contributed by atoms with Gasteiger partial charge in [0.1, 0.15) is 36.3 Å². The summed E-state index contributed by atoms with van der Waals surface area (Å²) in [7, 11) is 0. The Morgan fingerprint density at radius 1 is 1.18 bits per heavy atom. The second-order valence-electron chi connectivity index (χ2n) is 10.0. The lowest BCUT2D eigenvalue weighted by Gasteiger charge is -2.43. The third-order valence-electron chi connectivity index (χ3n) is 7.53. The fraction of sp³-hybridized carbons (Fsp3) is 0.538. The number of aromatic nitrogens is 3. The molecule has 2 aromatic heterocycles. The van der Waals surface area contributed by atoms with Gasteiger partial charge < -0.3 is 19.8 Å². The van der Waals surface area contributed by atoms with Gasteiger partial charge in [-0.1, -0.05) is 12.1 Å². The van der Waals surface area contributed by atoms with Crippen molar-refractivity contribution in [3.63, 3.8) is 0 Å². The molecule has 0 amide bonds. The van der Waals surface area contributed by atoms with Crippen LogP contribution in [0, 0.1) is 5.92 Å². The number of halogens is 1. The number of fused-ring (bicyclic) bond motifs is 1. The van der Waals surface area contributed by atoms with Gasteiger partial charge in [0.15, 0.2) is 0 Å². The number of anilines is 1. The molecule has 6 rings (SSSR count). The fourth-order valence-electron chi connectivity index (χ4n) is 5.58. The van der Waals surface area contributed by atoms with Crippen molar-refractivity contribution in [2.24, 2.45) is 5.92 Å². The SMILES string of the molecule is Nc1ncnc2c1c(-c1cccc(OCC3CCCCO3)c1)cn2C1CC(CN2CC(F)C2)C1. The molecule has 7 nitrogen and oxygen atoms in total. The van der Waals surface area contributed by atoms with Crippen LogP contribution in [-0.4, -0.2) is 64.6 Å². The van der Waals surface area contributed by atoms with E-state index in [1.165, 1.54) is 6.42 Å². The van der Waals surface area contributed by atoms with Crippen molar-refractivity contribution in [3.8, 4) is 16.9 Å². The van der Waals surface area contributed by atoms with E-state index in [4.69, 9.17) is 15.2 Å². The molecule has 4 heterocycles. The van der Waals surface area contributed by atoms with Gasteiger partial charge in [0.25, 0.3) is 0 Å². The maximum atomic E-state index is 13.1. The van der Waals surface area contributed by atoms with E-state index in [1.807, 2.05) is 12.1 Å². The standard InChI is InChI=1S/C26H32FN5O2/c27-19-12-31(13-19)11-17-8-20(9-17)32-14-23(24-25(28)29-16-30-26(24)32)18-4-3-6-21(10-18)34-15-22-5-1-2-7-33-22/h3-4,6,10,14,16-17,19-20,22H,1-2,5,7-9,11-13,15H2,(H2,28,29,30). The van der Waals surface area contributed by atoms with Crippen molar-refractivity contribution in [2.75, 3.05) is 38.6 Å². The summed E-state index contributed by atoms with van der Waals surface area (Å²) in [5, 5.41) is 0.890. The second kappa shape index (κ2) is 9.15. The molecule has 2 saturated heterocycles. The average Bonchev–Trinajstić information content (AvgIpc) is 3.20. The summed E-state index contributed by atoms with van der Waals surface area (Å²) in [6.07, 6.45) is 8.77. The van der Waals surface area contributed by atoms with Crippen LogP contribution in [0.3, 0.4) is 0 Å². The van der Waals surface area contributed by atoms with E-state index in [9.17, 15) is 4.39 Å². The number of hydrogen-bond donors (Lipinski definition) is 1. The summed E-state index contributed by atoms with van der Waals surface area (Å²) >= 11 is 0. The van der Waals surface area contributed by atoms with Gasteiger partial charge in [0.05, 0.1) is 11.5 Å². The topological polar surface area (TPSA) is 78.4 Å². The van der Waals surface area contributed by atoms with Crippen molar-refractivity contribution in [1.29, 1.82) is 0 Å². The molecule has 0 bridgehead atoms. The summed E-state index contributed by atoms with van der Waals surface area (Å²) in [4.78, 5) is 11.1. The van der Waals surface area contributed by atoms with Gasteiger partial charge in [-0.15, -0.1) is 0 Å². The first-order valence-electron chi connectivity index (χ1n) is 12.5. The number of rotatable bonds is 7. The highest BCUT2D eigenvalue weighted by atomic mass is 19.1. The fourth-order valence-corrected chi connectivity index (χ4v) is 5.58. The highest BCUT2D eigenvalue weighted by Crippen LogP contribution is 2.43. The minimum Gasteiger partial charge on any atom is -0.491 e. The zero-order valence-corrected chi connectivity index (χ0v) is 19.4. The summed E-state index contributed by atoms with van der Waals surface area (Å²) in [5.74, 6) is 1.93. The van der Waals surface area contributed by atoms with Crippen LogP contribution in [0.2, 0.25) is 0 Å². The Morgan fingerprint density at radius 2 is 2.06 bits per heavy atom. The van der Waals surface area contributed by atoms with Crippen LogP contribution >= 0.6 is 0 Å². The molecule has 2 N–H and O–H groups in total. The summed E-state index contributed by atoms with van der Waals surface area (Å²) in [6, 6.07) is 8.52. The highest BCUT2D eigenvalue weighted by molar-refractivity contribution is 6.00. The summed E-state index contributed by atoms with van der Waals surface area (Å²) in [5.41, 5.74) is 9.28. The van der Waals surface area contributed by atoms with Crippen molar-refractivity contribution < 1.29 is 13.9 Å². The van der Waals surface area contributed by atoms with Crippen molar-refractivity contribution in [3.05, 3.63) is 36.8 Å². The number of likely N-dealkylation sites (tertiary alicyclic amines) is 1. The van der Waals surface area contributed by atoms with Crippen molar-refractivity contribution in [2.45, 2.75) is 50.4 Å². The largest absolute Gasteiger partial charge is 0.491 e. The minimum absolute atomic E-state index is 0.168. The molecule has 0 spiro atoms. The number of nitrogens with two attached hydrogens (primary N) is 1. The molecule has 34 heavy (non-hydrogen) atoms. The summed E-state index contributed by atoms with van der Waals surface area (Å²) < 4.78 is 27.3. The lowest BCUT2D eigenvalue weighted by Crippen LogP contribution is -2.51. The average molecular weight is 466 g/mol. The third-order valence-corrected chi connectivity index (χ3v) is 7.53. The molecule has 2 aliphatic heterocycles. The van der Waals surface area contributed by atoms with E-state index in [0.717, 1.165) is 66.7 Å². The van der Waals surface area contributed by atoms with Gasteiger partial charge >= 0.3 is 0 Å². The molecule has 1 aromatic carbocycles. The Balaban J connectivity index is 1.22. The van der Waals surface area contributed by atoms with Crippen LogP contribution in [0.5, 0.6) is 5.75 Å². The number of benzene rings is 1. The predicted molar refractivity (Wildman–Crippen MR) is 130 cm³/mol. The minimum atomic E-state index is -0.638. The molecule has 3 fully saturated rings. The highest BCUT2D eigenvalue weighted by Gasteiger charge is 2.36. The van der Waals surface area contributed by atoms with E-state index in [2.05, 4.69) is 37.8 Å². The van der Waals surface area contributed by atoms with Crippen LogP contribution in [0.15, 0.2) is 36.8 Å². The number of alkyl halides is 1. The van der Waals surface area contributed by atoms with Gasteiger partial charge in [-0.05, 0) is 55.7 Å². The van der Waals surface area contributed by atoms with Gasteiger partial charge in [-0.2, -0.15) is 0 Å². The molecular weight excluding hydrogens is 433 g/mol. The molecule has 3 aliphatic rings. The zero-order chi connectivity index (χ0) is 23.1. The second-order valence-corrected chi connectivity index (χ2v) is 10.0. The maximum absolute atomic E-state index is 13.1. The smallest absolute Gasteiger partial charge is 0.146 e. The monoisotopic (exact) mass is 465 g/mol. The van der Waals surface area contributed by atoms with Gasteiger partial charge in [0, 0.05) is 44.0 Å². The van der Waals surface area contributed by atoms with Gasteiger partial charge in [-0.25, -0.2) is 14.4 Å². The molecule has 180 valence electrons. The molecule has 0 radical (unpaired) electrons. The van der Waals surface area contributed by atoms with Gasteiger partial charge in [-0.3, -0.25) is 4.90 Å². The first-order valence-corrected chi connectivity index (χ1v) is 12.5. The number of hydrogen-bond acceptors (Lipinski definition) is 6. The Labute approximate surface area is 199 Å². The van der Waals surface area contributed by atoms with Crippen LogP contribution in [0.1, 0.15) is 38.1 Å². The third kappa shape index (κ3) is 4.25. The van der Waals surface area contributed by atoms with E-state index in [1.54, 1.807) is 6.33 Å². The van der Waals surface area contributed by atoms with E-state index in [-0.39, 0.29) is 6.10 Å². The van der Waals surface area contributed by atoms with Crippen molar-refractivity contribution in [1.82, 2.24) is 19.4 Å². The Kier molecular flexibility index (Phi) is 5.87. The number of nitrogen functional groups attached to an aromatic ring is 1. The van der Waals surface area contributed by atoms with E-state index in [0.29, 0.717) is 37.5 Å². The Bertz CT molecular complexity index is 1150.